The molecule has 1 aromatic rings. The standard InChI is InChI=1S/C16H15F3N2O3/c1-9(22)8-12-15(6-7-21(12)14(24)16(17,18)19)10-4-2-3-5-11(10)20-13(15)23/h2-5,12H,6-8H2,1H3,(H,20,23)/t12-,15+/m1/s1. The molecule has 0 saturated carbocycles. The maximum Gasteiger partial charge on any atom is 0.471 e. The summed E-state index contributed by atoms with van der Waals surface area (Å²) in [5.74, 6) is -2.85. The molecule has 128 valence electrons. The van der Waals surface area contributed by atoms with Gasteiger partial charge in [0.15, 0.2) is 0 Å². The van der Waals surface area contributed by atoms with Crippen LogP contribution >= 0.6 is 0 Å². The Kier molecular flexibility index (Phi) is 3.65. The molecule has 1 N–H and O–H groups in total. The summed E-state index contributed by atoms with van der Waals surface area (Å²) in [6.07, 6.45) is -5.30. The lowest BCUT2D eigenvalue weighted by Crippen LogP contribution is -2.52. The van der Waals surface area contributed by atoms with Crippen molar-refractivity contribution in [3.63, 3.8) is 0 Å². The first-order valence-corrected chi connectivity index (χ1v) is 7.46. The number of likely N-dealkylation sites (tertiary alicyclic amines) is 1. The van der Waals surface area contributed by atoms with Gasteiger partial charge in [-0.15, -0.1) is 0 Å². The first-order valence-electron chi connectivity index (χ1n) is 7.46. The van der Waals surface area contributed by atoms with Gasteiger partial charge >= 0.3 is 12.1 Å². The number of Topliss-reactive ketones (excluding diaryl/α,β-unsaturated/α-hetero) is 1. The van der Waals surface area contributed by atoms with E-state index in [0.29, 0.717) is 16.2 Å². The quantitative estimate of drug-likeness (QED) is 0.896. The molecule has 2 aliphatic rings. The second-order valence-corrected chi connectivity index (χ2v) is 6.14. The average Bonchev–Trinajstić information content (AvgIpc) is 2.98. The Morgan fingerprint density at radius 3 is 2.62 bits per heavy atom. The predicted molar refractivity (Wildman–Crippen MR) is 78.2 cm³/mol. The molecule has 2 heterocycles. The predicted octanol–water partition coefficient (Wildman–Crippen LogP) is 2.02. The van der Waals surface area contributed by atoms with Crippen LogP contribution in [0.1, 0.15) is 25.3 Å². The second kappa shape index (κ2) is 5.32. The number of amides is 2. The normalized spacial score (nSPS) is 25.8. The van der Waals surface area contributed by atoms with Crippen LogP contribution in [-0.4, -0.2) is 41.3 Å². The van der Waals surface area contributed by atoms with Gasteiger partial charge in [-0.1, -0.05) is 18.2 Å². The highest BCUT2D eigenvalue weighted by Gasteiger charge is 2.61. The summed E-state index contributed by atoms with van der Waals surface area (Å²) in [6, 6.07) is 5.54. The Labute approximate surface area is 135 Å². The van der Waals surface area contributed by atoms with Crippen LogP contribution in [0.25, 0.3) is 0 Å². The van der Waals surface area contributed by atoms with E-state index in [0.717, 1.165) is 0 Å². The molecule has 1 fully saturated rings. The van der Waals surface area contributed by atoms with E-state index in [2.05, 4.69) is 5.32 Å². The molecule has 5 nitrogen and oxygen atoms in total. The molecule has 0 aliphatic carbocycles. The van der Waals surface area contributed by atoms with E-state index >= 15 is 0 Å². The smallest absolute Gasteiger partial charge is 0.330 e. The fourth-order valence-corrected chi connectivity index (χ4v) is 3.76. The molecule has 2 aliphatic heterocycles. The van der Waals surface area contributed by atoms with E-state index < -0.39 is 29.4 Å². The van der Waals surface area contributed by atoms with E-state index in [1.54, 1.807) is 24.3 Å². The molecular weight excluding hydrogens is 325 g/mol. The van der Waals surface area contributed by atoms with Gasteiger partial charge in [0.2, 0.25) is 5.91 Å². The van der Waals surface area contributed by atoms with E-state index in [1.165, 1.54) is 6.92 Å². The molecule has 1 aromatic carbocycles. The van der Waals surface area contributed by atoms with Crippen molar-refractivity contribution in [1.29, 1.82) is 0 Å². The number of para-hydroxylation sites is 1. The van der Waals surface area contributed by atoms with E-state index in [-0.39, 0.29) is 25.2 Å². The van der Waals surface area contributed by atoms with Crippen molar-refractivity contribution in [3.8, 4) is 0 Å². The van der Waals surface area contributed by atoms with Gasteiger partial charge in [0, 0.05) is 18.7 Å². The van der Waals surface area contributed by atoms with Gasteiger partial charge in [0.25, 0.3) is 0 Å². The van der Waals surface area contributed by atoms with Crippen LogP contribution < -0.4 is 5.32 Å². The third-order valence-electron chi connectivity index (χ3n) is 4.74. The Bertz CT molecular complexity index is 732. The Morgan fingerprint density at radius 1 is 1.33 bits per heavy atom. The summed E-state index contributed by atoms with van der Waals surface area (Å²) in [5, 5.41) is 2.66. The zero-order chi connectivity index (χ0) is 17.7. The largest absolute Gasteiger partial charge is 0.471 e. The average molecular weight is 340 g/mol. The number of hydrogen-bond acceptors (Lipinski definition) is 3. The molecule has 1 spiro atoms. The van der Waals surface area contributed by atoms with Crippen LogP contribution in [0.15, 0.2) is 24.3 Å². The maximum atomic E-state index is 12.9. The number of halogens is 3. The number of carbonyl (C=O) groups excluding carboxylic acids is 3. The molecule has 1 saturated heterocycles. The van der Waals surface area contributed by atoms with Crippen LogP contribution in [0.3, 0.4) is 0 Å². The van der Waals surface area contributed by atoms with Crippen LogP contribution in [0.5, 0.6) is 0 Å². The number of benzene rings is 1. The number of alkyl halides is 3. The van der Waals surface area contributed by atoms with Crippen molar-refractivity contribution >= 4 is 23.3 Å². The van der Waals surface area contributed by atoms with Gasteiger partial charge in [-0.2, -0.15) is 13.2 Å². The molecule has 3 rings (SSSR count). The van der Waals surface area contributed by atoms with Crippen molar-refractivity contribution in [2.24, 2.45) is 0 Å². The highest BCUT2D eigenvalue weighted by Crippen LogP contribution is 2.49. The van der Waals surface area contributed by atoms with Crippen LogP contribution in [-0.2, 0) is 19.8 Å². The Hall–Kier alpha value is -2.38. The number of ketones is 1. The third-order valence-corrected chi connectivity index (χ3v) is 4.74. The molecule has 0 aromatic heterocycles. The summed E-state index contributed by atoms with van der Waals surface area (Å²) in [6.45, 7) is 1.01. The molecule has 0 unspecified atom stereocenters. The molecular formula is C16H15F3N2O3. The summed E-state index contributed by atoms with van der Waals surface area (Å²) in [5.41, 5.74) is -0.264. The molecule has 2 amide bonds. The number of fused-ring (bicyclic) bond motifs is 2. The first-order chi connectivity index (χ1) is 11.2. The Morgan fingerprint density at radius 2 is 2.00 bits per heavy atom. The summed E-state index contributed by atoms with van der Waals surface area (Å²) < 4.78 is 38.7. The number of anilines is 1. The number of nitrogens with zero attached hydrogens (tertiary/aromatic N) is 1. The molecule has 8 heteroatoms. The topological polar surface area (TPSA) is 66.5 Å². The minimum absolute atomic E-state index is 0.0512. The summed E-state index contributed by atoms with van der Waals surface area (Å²) in [4.78, 5) is 36.7. The van der Waals surface area contributed by atoms with Crippen molar-refractivity contribution in [3.05, 3.63) is 29.8 Å². The number of rotatable bonds is 2. The highest BCUT2D eigenvalue weighted by molar-refractivity contribution is 6.08. The van der Waals surface area contributed by atoms with E-state index in [1.807, 2.05) is 0 Å². The van der Waals surface area contributed by atoms with Gasteiger partial charge in [-0.05, 0) is 25.0 Å². The van der Waals surface area contributed by atoms with Gasteiger partial charge in [-0.3, -0.25) is 14.4 Å². The molecule has 0 radical (unpaired) electrons. The minimum Gasteiger partial charge on any atom is -0.330 e. The fraction of sp³-hybridized carbons (Fsp3) is 0.438. The van der Waals surface area contributed by atoms with Gasteiger partial charge in [0.05, 0.1) is 11.5 Å². The zero-order valence-corrected chi connectivity index (χ0v) is 12.8. The summed E-state index contributed by atoms with van der Waals surface area (Å²) in [7, 11) is 0. The van der Waals surface area contributed by atoms with Crippen LogP contribution in [0, 0.1) is 0 Å². The van der Waals surface area contributed by atoms with Crippen molar-refractivity contribution < 1.29 is 27.6 Å². The molecule has 0 bridgehead atoms. The van der Waals surface area contributed by atoms with Crippen molar-refractivity contribution in [1.82, 2.24) is 4.90 Å². The minimum atomic E-state index is -5.05. The molecule has 24 heavy (non-hydrogen) atoms. The lowest BCUT2D eigenvalue weighted by molar-refractivity contribution is -0.187. The lowest BCUT2D eigenvalue weighted by atomic mass is 9.73. The monoisotopic (exact) mass is 340 g/mol. The van der Waals surface area contributed by atoms with Gasteiger partial charge in [0.1, 0.15) is 5.78 Å². The number of nitrogens with one attached hydrogen (secondary N) is 1. The summed E-state index contributed by atoms with van der Waals surface area (Å²) >= 11 is 0. The van der Waals surface area contributed by atoms with Crippen molar-refractivity contribution in [2.45, 2.75) is 37.4 Å². The van der Waals surface area contributed by atoms with Gasteiger partial charge in [-0.25, -0.2) is 0 Å². The van der Waals surface area contributed by atoms with E-state index in [9.17, 15) is 27.6 Å². The first kappa shape index (κ1) is 16.5. The highest BCUT2D eigenvalue weighted by atomic mass is 19.4. The molecule has 2 atom stereocenters. The number of hydrogen-bond donors (Lipinski definition) is 1. The third kappa shape index (κ3) is 2.28. The van der Waals surface area contributed by atoms with Crippen LogP contribution in [0.2, 0.25) is 0 Å². The Balaban J connectivity index is 2.10. The van der Waals surface area contributed by atoms with Gasteiger partial charge < -0.3 is 10.2 Å². The maximum absolute atomic E-state index is 12.9. The number of carbonyl (C=O) groups is 3. The fourth-order valence-electron chi connectivity index (χ4n) is 3.76. The second-order valence-electron chi connectivity index (χ2n) is 6.14. The SMILES string of the molecule is CC(=O)C[C@H]1N(C(=O)C(F)(F)F)CC[C@@]12C(=O)Nc1ccccc12. The van der Waals surface area contributed by atoms with E-state index in [4.69, 9.17) is 0 Å². The zero-order valence-electron chi connectivity index (χ0n) is 12.8. The van der Waals surface area contributed by atoms with Crippen LogP contribution in [0.4, 0.5) is 18.9 Å². The van der Waals surface area contributed by atoms with Crippen molar-refractivity contribution in [2.75, 3.05) is 11.9 Å². The lowest BCUT2D eigenvalue weighted by Gasteiger charge is -2.33.